The van der Waals surface area contributed by atoms with Gasteiger partial charge in [0, 0.05) is 25.5 Å². The molecule has 1 fully saturated rings. The van der Waals surface area contributed by atoms with E-state index in [-0.39, 0.29) is 18.4 Å². The number of amides is 1. The monoisotopic (exact) mass is 234 g/mol. The standard InChI is InChI=1S/C13H18N2O2/c1-8-3-4-11(14)13(9(8)2)15-6-10(7-16)5-12(15)17/h3-4,10,16H,5-7,14H2,1-2H3. The summed E-state index contributed by atoms with van der Waals surface area (Å²) >= 11 is 0. The number of carbonyl (C=O) groups is 1. The van der Waals surface area contributed by atoms with Crippen LogP contribution in [0.1, 0.15) is 17.5 Å². The second kappa shape index (κ2) is 4.37. The Kier molecular flexibility index (Phi) is 3.07. The number of rotatable bonds is 2. The fourth-order valence-electron chi connectivity index (χ4n) is 2.30. The fraction of sp³-hybridized carbons (Fsp3) is 0.462. The SMILES string of the molecule is Cc1ccc(N)c(N2CC(CO)CC2=O)c1C. The highest BCUT2D eigenvalue weighted by Gasteiger charge is 2.32. The Morgan fingerprint density at radius 1 is 1.47 bits per heavy atom. The molecule has 0 aliphatic carbocycles. The molecule has 4 heteroatoms. The van der Waals surface area contributed by atoms with Crippen molar-refractivity contribution >= 4 is 17.3 Å². The van der Waals surface area contributed by atoms with Gasteiger partial charge < -0.3 is 15.7 Å². The van der Waals surface area contributed by atoms with Crippen molar-refractivity contribution in [2.75, 3.05) is 23.8 Å². The molecule has 0 spiro atoms. The van der Waals surface area contributed by atoms with E-state index < -0.39 is 0 Å². The molecule has 3 N–H and O–H groups in total. The Bertz CT molecular complexity index is 457. The van der Waals surface area contributed by atoms with Gasteiger partial charge in [-0.05, 0) is 31.0 Å². The Hall–Kier alpha value is -1.55. The lowest BCUT2D eigenvalue weighted by Crippen LogP contribution is -2.27. The number of aliphatic hydroxyl groups is 1. The lowest BCUT2D eigenvalue weighted by molar-refractivity contribution is -0.117. The first-order chi connectivity index (χ1) is 8.04. The summed E-state index contributed by atoms with van der Waals surface area (Å²) < 4.78 is 0. The van der Waals surface area contributed by atoms with E-state index in [4.69, 9.17) is 10.8 Å². The highest BCUT2D eigenvalue weighted by Crippen LogP contribution is 2.34. The topological polar surface area (TPSA) is 66.6 Å². The van der Waals surface area contributed by atoms with Crippen molar-refractivity contribution in [2.24, 2.45) is 5.92 Å². The molecule has 1 aromatic carbocycles. The van der Waals surface area contributed by atoms with Crippen LogP contribution in [0.5, 0.6) is 0 Å². The van der Waals surface area contributed by atoms with Gasteiger partial charge in [-0.3, -0.25) is 4.79 Å². The number of nitrogen functional groups attached to an aromatic ring is 1. The Balaban J connectivity index is 2.41. The predicted octanol–water partition coefficient (Wildman–Crippen LogP) is 1.23. The average Bonchev–Trinajstić information content (AvgIpc) is 2.66. The van der Waals surface area contributed by atoms with Crippen LogP contribution in [0.15, 0.2) is 12.1 Å². The van der Waals surface area contributed by atoms with E-state index in [1.807, 2.05) is 26.0 Å². The first kappa shape index (κ1) is 11.9. The lowest BCUT2D eigenvalue weighted by atomic mass is 10.1. The van der Waals surface area contributed by atoms with Crippen LogP contribution in [0, 0.1) is 19.8 Å². The van der Waals surface area contributed by atoms with Crippen molar-refractivity contribution in [3.8, 4) is 0 Å². The number of nitrogens with zero attached hydrogens (tertiary/aromatic N) is 1. The lowest BCUT2D eigenvalue weighted by Gasteiger charge is -2.22. The first-order valence-corrected chi connectivity index (χ1v) is 5.81. The number of aryl methyl sites for hydroxylation is 1. The summed E-state index contributed by atoms with van der Waals surface area (Å²) in [4.78, 5) is 13.6. The maximum Gasteiger partial charge on any atom is 0.227 e. The first-order valence-electron chi connectivity index (χ1n) is 5.81. The van der Waals surface area contributed by atoms with Gasteiger partial charge in [0.05, 0.1) is 11.4 Å². The van der Waals surface area contributed by atoms with Crippen LogP contribution in [0.25, 0.3) is 0 Å². The zero-order chi connectivity index (χ0) is 12.6. The maximum absolute atomic E-state index is 11.9. The number of benzene rings is 1. The normalized spacial score (nSPS) is 20.1. The number of carbonyl (C=O) groups excluding carboxylic acids is 1. The second-order valence-corrected chi connectivity index (χ2v) is 4.70. The third kappa shape index (κ3) is 2.00. The van der Waals surface area contributed by atoms with Crippen molar-refractivity contribution in [3.63, 3.8) is 0 Å². The van der Waals surface area contributed by atoms with Gasteiger partial charge in [-0.2, -0.15) is 0 Å². The third-order valence-electron chi connectivity index (χ3n) is 3.47. The van der Waals surface area contributed by atoms with E-state index in [1.165, 1.54) is 0 Å². The van der Waals surface area contributed by atoms with Gasteiger partial charge in [0.15, 0.2) is 0 Å². The smallest absolute Gasteiger partial charge is 0.227 e. The number of nitrogens with two attached hydrogens (primary N) is 1. The highest BCUT2D eigenvalue weighted by atomic mass is 16.3. The summed E-state index contributed by atoms with van der Waals surface area (Å²) in [5.41, 5.74) is 9.56. The van der Waals surface area contributed by atoms with E-state index in [0.29, 0.717) is 18.7 Å². The van der Waals surface area contributed by atoms with Crippen LogP contribution < -0.4 is 10.6 Å². The average molecular weight is 234 g/mol. The molecule has 0 saturated carbocycles. The molecule has 1 heterocycles. The highest BCUT2D eigenvalue weighted by molar-refractivity contribution is 5.99. The Labute approximate surface area is 101 Å². The molecule has 1 unspecified atom stereocenters. The van der Waals surface area contributed by atoms with Gasteiger partial charge in [-0.15, -0.1) is 0 Å². The minimum absolute atomic E-state index is 0.0295. The van der Waals surface area contributed by atoms with Crippen LogP contribution >= 0.6 is 0 Å². The fourth-order valence-corrected chi connectivity index (χ4v) is 2.30. The van der Waals surface area contributed by atoms with Crippen LogP contribution in [-0.2, 0) is 4.79 Å². The van der Waals surface area contributed by atoms with Gasteiger partial charge in [0.2, 0.25) is 5.91 Å². The molecule has 1 aliphatic heterocycles. The molecule has 1 aromatic rings. The van der Waals surface area contributed by atoms with Crippen LogP contribution in [0.3, 0.4) is 0 Å². The van der Waals surface area contributed by atoms with E-state index >= 15 is 0 Å². The summed E-state index contributed by atoms with van der Waals surface area (Å²) in [5.74, 6) is 0.0752. The van der Waals surface area contributed by atoms with Gasteiger partial charge in [0.25, 0.3) is 0 Å². The largest absolute Gasteiger partial charge is 0.397 e. The van der Waals surface area contributed by atoms with Gasteiger partial charge in [0.1, 0.15) is 0 Å². The molecule has 17 heavy (non-hydrogen) atoms. The molecule has 1 atom stereocenters. The molecule has 0 aromatic heterocycles. The van der Waals surface area contributed by atoms with E-state index in [2.05, 4.69) is 0 Å². The number of aliphatic hydroxyl groups excluding tert-OH is 1. The van der Waals surface area contributed by atoms with Gasteiger partial charge >= 0.3 is 0 Å². The summed E-state index contributed by atoms with van der Waals surface area (Å²) in [7, 11) is 0. The predicted molar refractivity (Wildman–Crippen MR) is 67.9 cm³/mol. The molecular weight excluding hydrogens is 216 g/mol. The molecule has 1 saturated heterocycles. The number of hydrogen-bond donors (Lipinski definition) is 2. The Morgan fingerprint density at radius 2 is 2.18 bits per heavy atom. The molecule has 1 aliphatic rings. The molecule has 2 rings (SSSR count). The van der Waals surface area contributed by atoms with Crippen LogP contribution in [-0.4, -0.2) is 24.2 Å². The van der Waals surface area contributed by atoms with Crippen molar-refractivity contribution in [1.82, 2.24) is 0 Å². The van der Waals surface area contributed by atoms with E-state index in [9.17, 15) is 4.79 Å². The second-order valence-electron chi connectivity index (χ2n) is 4.70. The summed E-state index contributed by atoms with van der Waals surface area (Å²) in [5, 5.41) is 9.13. The van der Waals surface area contributed by atoms with E-state index in [1.54, 1.807) is 4.90 Å². The van der Waals surface area contributed by atoms with Crippen molar-refractivity contribution < 1.29 is 9.90 Å². The van der Waals surface area contributed by atoms with Crippen molar-refractivity contribution in [3.05, 3.63) is 23.3 Å². The molecule has 0 radical (unpaired) electrons. The minimum Gasteiger partial charge on any atom is -0.397 e. The van der Waals surface area contributed by atoms with E-state index in [0.717, 1.165) is 16.8 Å². The van der Waals surface area contributed by atoms with Gasteiger partial charge in [-0.1, -0.05) is 6.07 Å². The number of hydrogen-bond acceptors (Lipinski definition) is 3. The summed E-state index contributed by atoms with van der Waals surface area (Å²) in [6.07, 6.45) is 0.406. The van der Waals surface area contributed by atoms with Gasteiger partial charge in [-0.25, -0.2) is 0 Å². The zero-order valence-electron chi connectivity index (χ0n) is 10.2. The number of anilines is 2. The maximum atomic E-state index is 11.9. The van der Waals surface area contributed by atoms with Crippen LogP contribution in [0.4, 0.5) is 11.4 Å². The molecular formula is C13H18N2O2. The molecule has 4 nitrogen and oxygen atoms in total. The molecule has 0 bridgehead atoms. The summed E-state index contributed by atoms with van der Waals surface area (Å²) in [6.45, 7) is 4.58. The third-order valence-corrected chi connectivity index (χ3v) is 3.47. The quantitative estimate of drug-likeness (QED) is 0.756. The van der Waals surface area contributed by atoms with Crippen molar-refractivity contribution in [1.29, 1.82) is 0 Å². The van der Waals surface area contributed by atoms with Crippen LogP contribution in [0.2, 0.25) is 0 Å². The van der Waals surface area contributed by atoms with Crippen molar-refractivity contribution in [2.45, 2.75) is 20.3 Å². The zero-order valence-corrected chi connectivity index (χ0v) is 10.2. The molecule has 1 amide bonds. The minimum atomic E-state index is 0.0295. The Morgan fingerprint density at radius 3 is 2.76 bits per heavy atom. The molecule has 92 valence electrons. The summed E-state index contributed by atoms with van der Waals surface area (Å²) in [6, 6.07) is 3.79.